The predicted octanol–water partition coefficient (Wildman–Crippen LogP) is 3.15. The lowest BCUT2D eigenvalue weighted by Crippen LogP contribution is -2.25. The van der Waals surface area contributed by atoms with Gasteiger partial charge in [0.15, 0.2) is 5.58 Å². The minimum atomic E-state index is -0.102. The maximum Gasteiger partial charge on any atom is 0.257 e. The van der Waals surface area contributed by atoms with Crippen LogP contribution in [0.15, 0.2) is 58.2 Å². The van der Waals surface area contributed by atoms with Crippen LogP contribution in [0, 0.1) is 11.8 Å². The molecule has 1 N–H and O–H groups in total. The van der Waals surface area contributed by atoms with E-state index in [1.54, 1.807) is 0 Å². The highest BCUT2D eigenvalue weighted by Crippen LogP contribution is 2.22. The van der Waals surface area contributed by atoms with Crippen molar-refractivity contribution in [3.05, 3.63) is 54.1 Å². The highest BCUT2D eigenvalue weighted by Gasteiger charge is 2.08. The number of amides is 1. The van der Waals surface area contributed by atoms with Crippen molar-refractivity contribution in [3.63, 3.8) is 0 Å². The fraction of sp³-hybridized carbons (Fsp3) is 0.200. The summed E-state index contributed by atoms with van der Waals surface area (Å²) in [5.74, 6) is 6.13. The molecule has 0 fully saturated rings. The highest BCUT2D eigenvalue weighted by molar-refractivity contribution is 7.99. The fourth-order valence-electron chi connectivity index (χ4n) is 2.22. The summed E-state index contributed by atoms with van der Waals surface area (Å²) in [6.45, 7) is 0.308. The quantitative estimate of drug-likeness (QED) is 0.556. The molecule has 0 aliphatic rings. The van der Waals surface area contributed by atoms with Gasteiger partial charge >= 0.3 is 0 Å². The Balaban J connectivity index is 1.44. The lowest BCUT2D eigenvalue weighted by molar-refractivity contribution is -0.118. The number of rotatable bonds is 5. The number of benzene rings is 2. The topological polar surface area (TPSA) is 58.4 Å². The molecule has 132 valence electrons. The number of nitrogens with zero attached hydrogens (tertiary/aromatic N) is 2. The molecule has 0 radical (unpaired) electrons. The molecule has 0 atom stereocenters. The molecule has 0 spiro atoms. The molecular formula is C20H19N3O2S. The van der Waals surface area contributed by atoms with Gasteiger partial charge < -0.3 is 14.6 Å². The van der Waals surface area contributed by atoms with Crippen molar-refractivity contribution in [3.8, 4) is 11.8 Å². The summed E-state index contributed by atoms with van der Waals surface area (Å²) < 4.78 is 5.57. The van der Waals surface area contributed by atoms with Crippen LogP contribution in [-0.4, -0.2) is 37.3 Å². The average Bonchev–Trinajstić information content (AvgIpc) is 3.07. The number of hydrogen-bond acceptors (Lipinski definition) is 5. The van der Waals surface area contributed by atoms with Crippen LogP contribution in [0.25, 0.3) is 11.1 Å². The van der Waals surface area contributed by atoms with Gasteiger partial charge in [0.2, 0.25) is 5.91 Å². The Hall–Kier alpha value is -2.91. The Bertz CT molecular complexity index is 919. The maximum atomic E-state index is 11.9. The Morgan fingerprint density at radius 1 is 1.19 bits per heavy atom. The zero-order valence-electron chi connectivity index (χ0n) is 14.7. The van der Waals surface area contributed by atoms with Gasteiger partial charge in [0.25, 0.3) is 5.22 Å². The highest BCUT2D eigenvalue weighted by atomic mass is 32.2. The first-order valence-corrected chi connectivity index (χ1v) is 9.12. The Labute approximate surface area is 156 Å². The van der Waals surface area contributed by atoms with Crippen LogP contribution >= 0.6 is 11.8 Å². The average molecular weight is 365 g/mol. The van der Waals surface area contributed by atoms with E-state index in [0.717, 1.165) is 22.4 Å². The van der Waals surface area contributed by atoms with Gasteiger partial charge in [-0.3, -0.25) is 4.79 Å². The van der Waals surface area contributed by atoms with E-state index >= 15 is 0 Å². The summed E-state index contributed by atoms with van der Waals surface area (Å²) >= 11 is 1.27. The SMILES string of the molecule is CN(C)c1ccc(C#CCNC(=O)CSc2nc3ccccc3o2)cc1. The minimum absolute atomic E-state index is 0.102. The molecule has 6 heteroatoms. The molecule has 0 saturated carbocycles. The predicted molar refractivity (Wildman–Crippen MR) is 105 cm³/mol. The Morgan fingerprint density at radius 2 is 1.96 bits per heavy atom. The molecule has 0 bridgehead atoms. The summed E-state index contributed by atoms with van der Waals surface area (Å²) in [6.07, 6.45) is 0. The summed E-state index contributed by atoms with van der Waals surface area (Å²) in [5, 5.41) is 3.27. The van der Waals surface area contributed by atoms with Gasteiger partial charge in [-0.2, -0.15) is 0 Å². The molecule has 0 aliphatic heterocycles. The molecular weight excluding hydrogens is 346 g/mol. The minimum Gasteiger partial charge on any atom is -0.431 e. The lowest BCUT2D eigenvalue weighted by atomic mass is 10.2. The van der Waals surface area contributed by atoms with Crippen LogP contribution < -0.4 is 10.2 Å². The molecule has 0 saturated heterocycles. The second-order valence-electron chi connectivity index (χ2n) is 5.76. The van der Waals surface area contributed by atoms with Crippen molar-refractivity contribution in [2.45, 2.75) is 5.22 Å². The summed E-state index contributed by atoms with van der Waals surface area (Å²) in [5.41, 5.74) is 3.56. The number of carbonyl (C=O) groups is 1. The molecule has 5 nitrogen and oxygen atoms in total. The standard InChI is InChI=1S/C20H19N3O2S/c1-23(2)16-11-9-15(10-12-16)6-5-13-21-19(24)14-26-20-22-17-7-3-4-8-18(17)25-20/h3-4,7-12H,13-14H2,1-2H3,(H,21,24). The van der Waals surface area contributed by atoms with E-state index in [0.29, 0.717) is 11.8 Å². The number of oxazole rings is 1. The molecule has 0 unspecified atom stereocenters. The van der Waals surface area contributed by atoms with Gasteiger partial charge in [0.1, 0.15) is 5.52 Å². The van der Waals surface area contributed by atoms with E-state index in [1.165, 1.54) is 11.8 Å². The number of thioether (sulfide) groups is 1. The number of aromatic nitrogens is 1. The van der Waals surface area contributed by atoms with E-state index in [9.17, 15) is 4.79 Å². The second kappa shape index (κ2) is 8.45. The van der Waals surface area contributed by atoms with Crippen LogP contribution in [0.1, 0.15) is 5.56 Å². The molecule has 3 rings (SSSR count). The summed E-state index contributed by atoms with van der Waals surface area (Å²) in [4.78, 5) is 18.2. The molecule has 26 heavy (non-hydrogen) atoms. The van der Waals surface area contributed by atoms with Gasteiger partial charge in [-0.05, 0) is 36.4 Å². The van der Waals surface area contributed by atoms with Crippen molar-refractivity contribution in [2.24, 2.45) is 0 Å². The van der Waals surface area contributed by atoms with E-state index in [4.69, 9.17) is 4.42 Å². The lowest BCUT2D eigenvalue weighted by Gasteiger charge is -2.11. The normalized spacial score (nSPS) is 10.2. The zero-order chi connectivity index (χ0) is 18.4. The first-order chi connectivity index (χ1) is 12.6. The largest absolute Gasteiger partial charge is 0.431 e. The van der Waals surface area contributed by atoms with Gasteiger partial charge in [0.05, 0.1) is 12.3 Å². The van der Waals surface area contributed by atoms with E-state index in [2.05, 4.69) is 22.1 Å². The Morgan fingerprint density at radius 3 is 2.69 bits per heavy atom. The Kier molecular flexibility index (Phi) is 5.82. The van der Waals surface area contributed by atoms with E-state index < -0.39 is 0 Å². The van der Waals surface area contributed by atoms with Crippen LogP contribution in [-0.2, 0) is 4.79 Å². The number of nitrogens with one attached hydrogen (secondary N) is 1. The monoisotopic (exact) mass is 365 g/mol. The number of hydrogen-bond donors (Lipinski definition) is 1. The number of fused-ring (bicyclic) bond motifs is 1. The van der Waals surface area contributed by atoms with E-state index in [-0.39, 0.29) is 11.7 Å². The van der Waals surface area contributed by atoms with Crippen molar-refractivity contribution < 1.29 is 9.21 Å². The van der Waals surface area contributed by atoms with Crippen LogP contribution in [0.3, 0.4) is 0 Å². The van der Waals surface area contributed by atoms with E-state index in [1.807, 2.05) is 67.5 Å². The number of carbonyl (C=O) groups excluding carboxylic acids is 1. The summed E-state index contributed by atoms with van der Waals surface area (Å²) in [6, 6.07) is 15.5. The van der Waals surface area contributed by atoms with Crippen LogP contribution in [0.2, 0.25) is 0 Å². The second-order valence-corrected chi connectivity index (χ2v) is 6.68. The van der Waals surface area contributed by atoms with Crippen molar-refractivity contribution in [2.75, 3.05) is 31.3 Å². The maximum absolute atomic E-state index is 11.9. The molecule has 2 aromatic carbocycles. The van der Waals surface area contributed by atoms with Crippen molar-refractivity contribution in [1.82, 2.24) is 10.3 Å². The first-order valence-electron chi connectivity index (χ1n) is 8.13. The smallest absolute Gasteiger partial charge is 0.257 e. The third-order valence-electron chi connectivity index (χ3n) is 3.59. The first kappa shape index (κ1) is 17.9. The van der Waals surface area contributed by atoms with Gasteiger partial charge in [-0.1, -0.05) is 35.7 Å². The molecule has 1 heterocycles. The van der Waals surface area contributed by atoms with Gasteiger partial charge in [0, 0.05) is 25.3 Å². The number of para-hydroxylation sites is 2. The fourth-order valence-corrected chi connectivity index (χ4v) is 2.89. The third kappa shape index (κ3) is 4.80. The third-order valence-corrected chi connectivity index (χ3v) is 4.42. The zero-order valence-corrected chi connectivity index (χ0v) is 15.5. The number of anilines is 1. The van der Waals surface area contributed by atoms with Crippen molar-refractivity contribution in [1.29, 1.82) is 0 Å². The van der Waals surface area contributed by atoms with Gasteiger partial charge in [-0.15, -0.1) is 0 Å². The van der Waals surface area contributed by atoms with Crippen molar-refractivity contribution >= 4 is 34.5 Å². The molecule has 1 amide bonds. The van der Waals surface area contributed by atoms with Crippen LogP contribution in [0.5, 0.6) is 0 Å². The summed E-state index contributed by atoms with van der Waals surface area (Å²) in [7, 11) is 3.99. The van der Waals surface area contributed by atoms with Crippen LogP contribution in [0.4, 0.5) is 5.69 Å². The van der Waals surface area contributed by atoms with Gasteiger partial charge in [-0.25, -0.2) is 4.98 Å². The molecule has 0 aliphatic carbocycles. The molecule has 1 aromatic heterocycles. The molecule has 3 aromatic rings.